The molecule has 0 saturated carbocycles. The number of rotatable bonds is 3. The molecule has 88 valence electrons. The Morgan fingerprint density at radius 3 is 2.00 bits per heavy atom. The lowest BCUT2D eigenvalue weighted by molar-refractivity contribution is -0.136. The van der Waals surface area contributed by atoms with Crippen molar-refractivity contribution in [2.45, 2.75) is 6.42 Å². The lowest BCUT2D eigenvalue weighted by Crippen LogP contribution is -2.31. The fourth-order valence-corrected chi connectivity index (χ4v) is 1.65. The summed E-state index contributed by atoms with van der Waals surface area (Å²) in [5.41, 5.74) is 0.412. The van der Waals surface area contributed by atoms with Crippen LogP contribution in [0.2, 0.25) is 0 Å². The van der Waals surface area contributed by atoms with Crippen molar-refractivity contribution < 1.29 is 18.4 Å². The number of carbonyl (C=O) groups is 2. The fourth-order valence-electron chi connectivity index (χ4n) is 1.65. The van der Waals surface area contributed by atoms with E-state index in [1.165, 1.54) is 24.3 Å². The van der Waals surface area contributed by atoms with Crippen molar-refractivity contribution in [3.63, 3.8) is 0 Å². The van der Waals surface area contributed by atoms with Crippen molar-refractivity contribution in [3.8, 4) is 0 Å². The van der Waals surface area contributed by atoms with Crippen LogP contribution in [-0.2, 0) is 16.0 Å². The van der Waals surface area contributed by atoms with Gasteiger partial charge in [0.25, 0.3) is 11.8 Å². The summed E-state index contributed by atoms with van der Waals surface area (Å²) in [4.78, 5) is 23.5. The van der Waals surface area contributed by atoms with E-state index >= 15 is 0 Å². The fraction of sp³-hybridized carbons (Fsp3) is 0.167. The molecule has 0 spiro atoms. The highest BCUT2D eigenvalue weighted by Gasteiger charge is 2.22. The molecule has 1 aliphatic rings. The van der Waals surface area contributed by atoms with Gasteiger partial charge in [-0.1, -0.05) is 0 Å². The molecule has 1 heterocycles. The van der Waals surface area contributed by atoms with Gasteiger partial charge in [-0.2, -0.15) is 0 Å². The van der Waals surface area contributed by atoms with E-state index in [0.29, 0.717) is 5.56 Å². The highest BCUT2D eigenvalue weighted by atomic mass is 19.1. The molecule has 1 aromatic rings. The number of imide groups is 1. The number of carbonyl (C=O) groups excluding carboxylic acids is 2. The Morgan fingerprint density at radius 2 is 1.47 bits per heavy atom. The van der Waals surface area contributed by atoms with Crippen LogP contribution in [-0.4, -0.2) is 23.3 Å². The highest BCUT2D eigenvalue weighted by Crippen LogP contribution is 2.11. The largest absolute Gasteiger partial charge is 0.275 e. The molecule has 0 aromatic heterocycles. The third kappa shape index (κ3) is 2.55. The zero-order chi connectivity index (χ0) is 12.4. The molecule has 1 aromatic carbocycles. The summed E-state index contributed by atoms with van der Waals surface area (Å²) in [5, 5.41) is 0. The second kappa shape index (κ2) is 4.45. The maximum absolute atomic E-state index is 12.9. The van der Waals surface area contributed by atoms with Crippen molar-refractivity contribution in [1.82, 2.24) is 4.90 Å². The summed E-state index contributed by atoms with van der Waals surface area (Å²) in [6.45, 7) is 0.119. The smallest absolute Gasteiger partial charge is 0.253 e. The molecule has 2 rings (SSSR count). The van der Waals surface area contributed by atoms with Gasteiger partial charge >= 0.3 is 0 Å². The quantitative estimate of drug-likeness (QED) is 0.746. The Kier molecular flexibility index (Phi) is 2.99. The number of hydrogen-bond acceptors (Lipinski definition) is 2. The van der Waals surface area contributed by atoms with E-state index in [2.05, 4.69) is 0 Å². The van der Waals surface area contributed by atoms with Crippen molar-refractivity contribution in [2.24, 2.45) is 0 Å². The summed E-state index contributed by atoms with van der Waals surface area (Å²) < 4.78 is 25.8. The molecule has 3 nitrogen and oxygen atoms in total. The van der Waals surface area contributed by atoms with Gasteiger partial charge < -0.3 is 0 Å². The molecular formula is C12H9F2NO2. The zero-order valence-electron chi connectivity index (χ0n) is 8.82. The van der Waals surface area contributed by atoms with E-state index in [9.17, 15) is 18.4 Å². The van der Waals surface area contributed by atoms with Gasteiger partial charge in [0.1, 0.15) is 11.6 Å². The molecule has 0 fully saturated rings. The van der Waals surface area contributed by atoms with Gasteiger partial charge in [0, 0.05) is 24.8 Å². The molecule has 2 amide bonds. The van der Waals surface area contributed by atoms with Gasteiger partial charge in [0.2, 0.25) is 0 Å². The highest BCUT2D eigenvalue weighted by molar-refractivity contribution is 6.12. The van der Waals surface area contributed by atoms with Crippen molar-refractivity contribution >= 4 is 11.8 Å². The van der Waals surface area contributed by atoms with Crippen molar-refractivity contribution in [2.75, 3.05) is 6.54 Å². The summed E-state index contributed by atoms with van der Waals surface area (Å²) in [7, 11) is 0. The zero-order valence-corrected chi connectivity index (χ0v) is 8.82. The minimum Gasteiger partial charge on any atom is -0.275 e. The van der Waals surface area contributed by atoms with Gasteiger partial charge in [-0.15, -0.1) is 0 Å². The molecule has 0 bridgehead atoms. The summed E-state index contributed by atoms with van der Waals surface area (Å²) in [6, 6.07) is 3.14. The van der Waals surface area contributed by atoms with E-state index in [4.69, 9.17) is 0 Å². The lowest BCUT2D eigenvalue weighted by atomic mass is 10.1. The number of hydrogen-bond donors (Lipinski definition) is 0. The van der Waals surface area contributed by atoms with Crippen LogP contribution in [0.15, 0.2) is 30.4 Å². The van der Waals surface area contributed by atoms with Crippen LogP contribution < -0.4 is 0 Å². The molecule has 0 N–H and O–H groups in total. The second-order valence-electron chi connectivity index (χ2n) is 3.69. The summed E-state index contributed by atoms with van der Waals surface area (Å²) >= 11 is 0. The Balaban J connectivity index is 2.03. The Labute approximate surface area is 96.3 Å². The molecule has 0 atom stereocenters. The lowest BCUT2D eigenvalue weighted by Gasteiger charge is -2.13. The van der Waals surface area contributed by atoms with Gasteiger partial charge in [-0.05, 0) is 24.1 Å². The van der Waals surface area contributed by atoms with Crippen LogP contribution in [0, 0.1) is 11.6 Å². The van der Waals surface area contributed by atoms with Crippen molar-refractivity contribution in [1.29, 1.82) is 0 Å². The first kappa shape index (κ1) is 11.4. The van der Waals surface area contributed by atoms with Crippen LogP contribution >= 0.6 is 0 Å². The van der Waals surface area contributed by atoms with Crippen LogP contribution in [0.3, 0.4) is 0 Å². The number of nitrogens with zero attached hydrogens (tertiary/aromatic N) is 1. The molecule has 0 radical (unpaired) electrons. The third-order valence-electron chi connectivity index (χ3n) is 2.45. The summed E-state index contributed by atoms with van der Waals surface area (Å²) in [5.74, 6) is -2.13. The van der Waals surface area contributed by atoms with Gasteiger partial charge in [0.15, 0.2) is 0 Å². The standard InChI is InChI=1S/C12H9F2NO2/c13-9-5-8(6-10(14)7-9)3-4-15-11(16)1-2-12(15)17/h1-2,5-7H,3-4H2. The van der Waals surface area contributed by atoms with E-state index in [0.717, 1.165) is 11.0 Å². The first-order valence-electron chi connectivity index (χ1n) is 5.05. The topological polar surface area (TPSA) is 37.4 Å². The SMILES string of the molecule is O=C1C=CC(=O)N1CCc1cc(F)cc(F)c1. The normalized spacial score (nSPS) is 14.8. The Hall–Kier alpha value is -2.04. The molecule has 5 heteroatoms. The molecule has 17 heavy (non-hydrogen) atoms. The van der Waals surface area contributed by atoms with Crippen LogP contribution in [0.4, 0.5) is 8.78 Å². The predicted octanol–water partition coefficient (Wildman–Crippen LogP) is 1.43. The van der Waals surface area contributed by atoms with Gasteiger partial charge in [-0.25, -0.2) is 8.78 Å². The first-order valence-corrected chi connectivity index (χ1v) is 5.05. The van der Waals surface area contributed by atoms with Crippen LogP contribution in [0.25, 0.3) is 0 Å². The van der Waals surface area contributed by atoms with Gasteiger partial charge in [-0.3, -0.25) is 14.5 Å². The number of halogens is 2. The van der Waals surface area contributed by atoms with E-state index < -0.39 is 23.4 Å². The molecular weight excluding hydrogens is 228 g/mol. The minimum atomic E-state index is -0.669. The third-order valence-corrected chi connectivity index (χ3v) is 2.45. The van der Waals surface area contributed by atoms with E-state index in [-0.39, 0.29) is 13.0 Å². The Morgan fingerprint density at radius 1 is 0.941 bits per heavy atom. The summed E-state index contributed by atoms with van der Waals surface area (Å²) in [6.07, 6.45) is 2.58. The van der Waals surface area contributed by atoms with E-state index in [1.807, 2.05) is 0 Å². The van der Waals surface area contributed by atoms with Gasteiger partial charge in [0.05, 0.1) is 0 Å². The maximum atomic E-state index is 12.9. The molecule has 0 saturated heterocycles. The number of benzene rings is 1. The molecule has 0 unspecified atom stereocenters. The van der Waals surface area contributed by atoms with Crippen LogP contribution in [0.1, 0.15) is 5.56 Å². The maximum Gasteiger partial charge on any atom is 0.253 e. The Bertz CT molecular complexity index is 473. The van der Waals surface area contributed by atoms with E-state index in [1.54, 1.807) is 0 Å². The second-order valence-corrected chi connectivity index (χ2v) is 3.69. The molecule has 1 aliphatic heterocycles. The molecule has 0 aliphatic carbocycles. The monoisotopic (exact) mass is 237 g/mol. The average molecular weight is 237 g/mol. The average Bonchev–Trinajstić information content (AvgIpc) is 2.55. The van der Waals surface area contributed by atoms with Crippen LogP contribution in [0.5, 0.6) is 0 Å². The number of amides is 2. The predicted molar refractivity (Wildman–Crippen MR) is 55.9 cm³/mol. The minimum absolute atomic E-state index is 0.119. The first-order chi connectivity index (χ1) is 8.06. The van der Waals surface area contributed by atoms with Crippen molar-refractivity contribution in [3.05, 3.63) is 47.5 Å².